The molecule has 0 aliphatic rings. The minimum atomic E-state index is 0.222. The first kappa shape index (κ1) is 11.9. The molecule has 0 saturated carbocycles. The van der Waals surface area contributed by atoms with Gasteiger partial charge < -0.3 is 10.2 Å². The summed E-state index contributed by atoms with van der Waals surface area (Å²) in [6.45, 7) is 0. The van der Waals surface area contributed by atoms with E-state index in [0.29, 0.717) is 0 Å². The quantitative estimate of drug-likeness (QED) is 0.639. The normalized spacial score (nSPS) is 11.3. The van der Waals surface area contributed by atoms with Gasteiger partial charge in [0, 0.05) is 0 Å². The summed E-state index contributed by atoms with van der Waals surface area (Å²) >= 11 is 0. The fourth-order valence-electron chi connectivity index (χ4n) is 1.32. The van der Waals surface area contributed by atoms with Gasteiger partial charge in [-0.2, -0.15) is 10.2 Å². The monoisotopic (exact) mass is 240 g/mol. The predicted octanol–water partition coefficient (Wildman–Crippen LogP) is 2.55. The van der Waals surface area contributed by atoms with Gasteiger partial charge in [-0.15, -0.1) is 0 Å². The highest BCUT2D eigenvalue weighted by Crippen LogP contribution is 2.08. The van der Waals surface area contributed by atoms with Crippen LogP contribution in [0.15, 0.2) is 58.7 Å². The molecule has 0 heterocycles. The number of nitrogens with zero attached hydrogens (tertiary/aromatic N) is 2. The number of phenolic OH excluding ortho intramolecular Hbond substituents is 2. The molecule has 2 N–H and O–H groups in total. The fraction of sp³-hybridized carbons (Fsp3) is 0. The average Bonchev–Trinajstić information content (AvgIpc) is 2.39. The van der Waals surface area contributed by atoms with Crippen LogP contribution in [0.5, 0.6) is 11.5 Å². The van der Waals surface area contributed by atoms with Gasteiger partial charge in [-0.25, -0.2) is 0 Å². The lowest BCUT2D eigenvalue weighted by Gasteiger charge is -1.92. The molecular weight excluding hydrogens is 228 g/mol. The van der Waals surface area contributed by atoms with E-state index in [2.05, 4.69) is 10.2 Å². The van der Waals surface area contributed by atoms with E-state index in [1.54, 1.807) is 61.0 Å². The smallest absolute Gasteiger partial charge is 0.115 e. The molecule has 90 valence electrons. The van der Waals surface area contributed by atoms with E-state index in [-0.39, 0.29) is 11.5 Å². The maximum atomic E-state index is 9.10. The number of hydrogen-bond donors (Lipinski definition) is 2. The van der Waals surface area contributed by atoms with Crippen molar-refractivity contribution in [1.29, 1.82) is 0 Å². The Morgan fingerprint density at radius 2 is 0.944 bits per heavy atom. The van der Waals surface area contributed by atoms with Crippen LogP contribution < -0.4 is 0 Å². The van der Waals surface area contributed by atoms with Gasteiger partial charge in [-0.05, 0) is 59.7 Å². The predicted molar refractivity (Wildman–Crippen MR) is 71.4 cm³/mol. The SMILES string of the molecule is Oc1ccc(/C=N\N=C\c2ccc(O)cc2)cc1. The first-order valence-electron chi connectivity index (χ1n) is 5.38. The third kappa shape index (κ3) is 3.45. The van der Waals surface area contributed by atoms with E-state index >= 15 is 0 Å². The van der Waals surface area contributed by atoms with E-state index in [0.717, 1.165) is 11.1 Å². The van der Waals surface area contributed by atoms with Gasteiger partial charge in [0.25, 0.3) is 0 Å². The third-order valence-corrected chi connectivity index (χ3v) is 2.27. The molecule has 0 saturated heterocycles. The molecule has 2 aromatic carbocycles. The molecular formula is C14H12N2O2. The Morgan fingerprint density at radius 1 is 0.611 bits per heavy atom. The van der Waals surface area contributed by atoms with Crippen LogP contribution in [-0.2, 0) is 0 Å². The lowest BCUT2D eigenvalue weighted by atomic mass is 10.2. The Kier molecular flexibility index (Phi) is 3.71. The molecule has 0 aliphatic carbocycles. The van der Waals surface area contributed by atoms with E-state index in [1.165, 1.54) is 0 Å². The van der Waals surface area contributed by atoms with Gasteiger partial charge in [-0.1, -0.05) is 0 Å². The molecule has 2 aromatic rings. The summed E-state index contributed by atoms with van der Waals surface area (Å²) < 4.78 is 0. The molecule has 0 atom stereocenters. The van der Waals surface area contributed by atoms with Crippen molar-refractivity contribution < 1.29 is 10.2 Å². The van der Waals surface area contributed by atoms with Crippen LogP contribution in [0, 0.1) is 0 Å². The maximum absolute atomic E-state index is 9.10. The van der Waals surface area contributed by atoms with E-state index in [4.69, 9.17) is 10.2 Å². The zero-order valence-electron chi connectivity index (χ0n) is 9.56. The Morgan fingerprint density at radius 3 is 1.28 bits per heavy atom. The third-order valence-electron chi connectivity index (χ3n) is 2.27. The van der Waals surface area contributed by atoms with E-state index < -0.39 is 0 Å². The van der Waals surface area contributed by atoms with Crippen LogP contribution in [0.4, 0.5) is 0 Å². The van der Waals surface area contributed by atoms with Crippen molar-refractivity contribution in [1.82, 2.24) is 0 Å². The van der Waals surface area contributed by atoms with Crippen LogP contribution in [-0.4, -0.2) is 22.6 Å². The van der Waals surface area contributed by atoms with Crippen molar-refractivity contribution in [2.24, 2.45) is 10.2 Å². The fourth-order valence-corrected chi connectivity index (χ4v) is 1.32. The number of hydrogen-bond acceptors (Lipinski definition) is 4. The van der Waals surface area contributed by atoms with Gasteiger partial charge in [-0.3, -0.25) is 0 Å². The molecule has 4 nitrogen and oxygen atoms in total. The zero-order valence-corrected chi connectivity index (χ0v) is 9.56. The second-order valence-corrected chi connectivity index (χ2v) is 3.67. The van der Waals surface area contributed by atoms with Crippen molar-refractivity contribution in [2.45, 2.75) is 0 Å². The number of phenols is 2. The zero-order chi connectivity index (χ0) is 12.8. The van der Waals surface area contributed by atoms with Crippen LogP contribution in [0.2, 0.25) is 0 Å². The summed E-state index contributed by atoms with van der Waals surface area (Å²) in [7, 11) is 0. The Labute approximate surface area is 105 Å². The summed E-state index contributed by atoms with van der Waals surface area (Å²) in [6, 6.07) is 13.3. The van der Waals surface area contributed by atoms with Gasteiger partial charge >= 0.3 is 0 Å². The molecule has 0 amide bonds. The lowest BCUT2D eigenvalue weighted by Crippen LogP contribution is -1.80. The molecule has 2 rings (SSSR count). The minimum absolute atomic E-state index is 0.222. The molecule has 0 aliphatic heterocycles. The Bertz CT molecular complexity index is 504. The van der Waals surface area contributed by atoms with Crippen molar-refractivity contribution in [2.75, 3.05) is 0 Å². The minimum Gasteiger partial charge on any atom is -0.508 e. The van der Waals surface area contributed by atoms with Gasteiger partial charge in [0.2, 0.25) is 0 Å². The van der Waals surface area contributed by atoms with E-state index in [1.807, 2.05) is 0 Å². The first-order valence-corrected chi connectivity index (χ1v) is 5.38. The van der Waals surface area contributed by atoms with Crippen LogP contribution in [0.25, 0.3) is 0 Å². The molecule has 18 heavy (non-hydrogen) atoms. The largest absolute Gasteiger partial charge is 0.508 e. The van der Waals surface area contributed by atoms with E-state index in [9.17, 15) is 0 Å². The van der Waals surface area contributed by atoms with Gasteiger partial charge in [0.15, 0.2) is 0 Å². The highest BCUT2D eigenvalue weighted by Gasteiger charge is 1.89. The molecule has 0 aromatic heterocycles. The second kappa shape index (κ2) is 5.63. The molecule has 0 radical (unpaired) electrons. The topological polar surface area (TPSA) is 65.2 Å². The van der Waals surface area contributed by atoms with Crippen molar-refractivity contribution >= 4 is 12.4 Å². The lowest BCUT2D eigenvalue weighted by molar-refractivity contribution is 0.475. The van der Waals surface area contributed by atoms with Crippen LogP contribution in [0.1, 0.15) is 11.1 Å². The van der Waals surface area contributed by atoms with Gasteiger partial charge in [0.05, 0.1) is 12.4 Å². The maximum Gasteiger partial charge on any atom is 0.115 e. The molecule has 0 fully saturated rings. The number of benzene rings is 2. The molecule has 4 heteroatoms. The highest BCUT2D eigenvalue weighted by atomic mass is 16.3. The second-order valence-electron chi connectivity index (χ2n) is 3.67. The summed E-state index contributed by atoms with van der Waals surface area (Å²) in [5.74, 6) is 0.444. The molecule has 0 spiro atoms. The first-order chi connectivity index (χ1) is 8.74. The average molecular weight is 240 g/mol. The van der Waals surface area contributed by atoms with Crippen molar-refractivity contribution in [3.8, 4) is 11.5 Å². The summed E-state index contributed by atoms with van der Waals surface area (Å²) in [6.07, 6.45) is 3.19. The Hall–Kier alpha value is -2.62. The summed E-state index contributed by atoms with van der Waals surface area (Å²) in [5, 5.41) is 26.0. The molecule has 0 bridgehead atoms. The van der Waals surface area contributed by atoms with Crippen LogP contribution in [0.3, 0.4) is 0 Å². The Balaban J connectivity index is 1.98. The summed E-state index contributed by atoms with van der Waals surface area (Å²) in [4.78, 5) is 0. The van der Waals surface area contributed by atoms with Crippen molar-refractivity contribution in [3.63, 3.8) is 0 Å². The molecule has 0 unspecified atom stereocenters. The highest BCUT2D eigenvalue weighted by molar-refractivity contribution is 5.82. The standard InChI is InChI=1S/C14H12N2O2/c17-13-5-1-11(2-6-13)9-15-16-10-12-3-7-14(18)8-4-12/h1-10,17-18H/b15-9-,16-10+. The summed E-state index contributed by atoms with van der Waals surface area (Å²) in [5.41, 5.74) is 1.71. The van der Waals surface area contributed by atoms with Crippen LogP contribution >= 0.6 is 0 Å². The number of aromatic hydroxyl groups is 2. The van der Waals surface area contributed by atoms with Gasteiger partial charge in [0.1, 0.15) is 11.5 Å². The number of rotatable bonds is 3. The van der Waals surface area contributed by atoms with Crippen molar-refractivity contribution in [3.05, 3.63) is 59.7 Å².